The lowest BCUT2D eigenvalue weighted by Crippen LogP contribution is -2.41. The third-order valence-corrected chi connectivity index (χ3v) is 2.20. The molecule has 1 fully saturated rings. The number of thiocarbonyl (C=S) groups is 1. The van der Waals surface area contributed by atoms with E-state index in [-0.39, 0.29) is 12.8 Å². The average molecular weight is 179 g/mol. The lowest BCUT2D eigenvalue weighted by Gasteiger charge is -2.32. The Hall–Kier alpha value is -0.250. The highest BCUT2D eigenvalue weighted by atomic mass is 32.1. The van der Waals surface area contributed by atoms with E-state index >= 15 is 0 Å². The third kappa shape index (κ3) is 2.36. The van der Waals surface area contributed by atoms with Gasteiger partial charge in [-0.25, -0.2) is 8.78 Å². The van der Waals surface area contributed by atoms with E-state index in [1.807, 2.05) is 4.90 Å². The van der Waals surface area contributed by atoms with Crippen molar-refractivity contribution in [2.45, 2.75) is 25.7 Å². The van der Waals surface area contributed by atoms with Gasteiger partial charge in [-0.2, -0.15) is 0 Å². The number of hydrogen-bond acceptors (Lipinski definition) is 1. The molecule has 4 heteroatoms. The van der Waals surface area contributed by atoms with E-state index in [0.717, 1.165) is 4.99 Å². The van der Waals surface area contributed by atoms with Crippen molar-refractivity contribution in [2.24, 2.45) is 0 Å². The fraction of sp³-hybridized carbons (Fsp3) is 0.857. The summed E-state index contributed by atoms with van der Waals surface area (Å²) in [6.45, 7) is 2.59. The molecule has 0 atom stereocenters. The van der Waals surface area contributed by atoms with E-state index in [2.05, 4.69) is 0 Å². The first-order chi connectivity index (χ1) is 5.01. The molecule has 1 rings (SSSR count). The third-order valence-electron chi connectivity index (χ3n) is 1.94. The predicted molar refractivity (Wildman–Crippen MR) is 44.0 cm³/mol. The molecule has 0 aromatic heterocycles. The van der Waals surface area contributed by atoms with Gasteiger partial charge in [-0.1, -0.05) is 12.2 Å². The molecule has 0 aromatic carbocycles. The average Bonchev–Trinajstić information content (AvgIpc) is 1.86. The maximum atomic E-state index is 12.6. The summed E-state index contributed by atoms with van der Waals surface area (Å²) in [5.41, 5.74) is 0. The second kappa shape index (κ2) is 3.01. The van der Waals surface area contributed by atoms with Gasteiger partial charge in [0.05, 0.1) is 4.99 Å². The molecule has 0 radical (unpaired) electrons. The topological polar surface area (TPSA) is 3.24 Å². The molecule has 0 aliphatic carbocycles. The molecule has 64 valence electrons. The number of halogens is 2. The Labute approximate surface area is 70.4 Å². The van der Waals surface area contributed by atoms with Gasteiger partial charge >= 0.3 is 0 Å². The monoisotopic (exact) mass is 179 g/mol. The Morgan fingerprint density at radius 1 is 1.36 bits per heavy atom. The molecule has 0 spiro atoms. The molecule has 0 aromatic rings. The molecule has 0 bridgehead atoms. The second-order valence-electron chi connectivity index (χ2n) is 2.86. The van der Waals surface area contributed by atoms with Crippen LogP contribution in [-0.2, 0) is 0 Å². The Balaban J connectivity index is 2.42. The first-order valence-corrected chi connectivity index (χ1v) is 4.05. The minimum Gasteiger partial charge on any atom is -0.366 e. The minimum absolute atomic E-state index is 0.0546. The smallest absolute Gasteiger partial charge is 0.251 e. The summed E-state index contributed by atoms with van der Waals surface area (Å²) in [5, 5.41) is 0. The summed E-state index contributed by atoms with van der Waals surface area (Å²) < 4.78 is 25.1. The van der Waals surface area contributed by atoms with Gasteiger partial charge in [0.2, 0.25) is 0 Å². The maximum absolute atomic E-state index is 12.6. The van der Waals surface area contributed by atoms with Crippen molar-refractivity contribution in [2.75, 3.05) is 13.1 Å². The van der Waals surface area contributed by atoms with Crippen LogP contribution in [0.5, 0.6) is 0 Å². The molecule has 0 amide bonds. The molecular formula is C7H11F2NS. The maximum Gasteiger partial charge on any atom is 0.251 e. The van der Waals surface area contributed by atoms with E-state index in [1.54, 1.807) is 6.92 Å². The summed E-state index contributed by atoms with van der Waals surface area (Å²) in [4.78, 5) is 2.55. The van der Waals surface area contributed by atoms with E-state index in [1.165, 1.54) is 0 Å². The molecular weight excluding hydrogens is 168 g/mol. The minimum atomic E-state index is -2.46. The van der Waals surface area contributed by atoms with Gasteiger partial charge in [0.25, 0.3) is 5.92 Å². The van der Waals surface area contributed by atoms with Gasteiger partial charge in [0.15, 0.2) is 0 Å². The number of alkyl halides is 2. The highest BCUT2D eigenvalue weighted by Crippen LogP contribution is 2.27. The molecule has 0 saturated carbocycles. The van der Waals surface area contributed by atoms with Crippen molar-refractivity contribution >= 4 is 17.2 Å². The lowest BCUT2D eigenvalue weighted by atomic mass is 10.1. The quantitative estimate of drug-likeness (QED) is 0.524. The van der Waals surface area contributed by atoms with Gasteiger partial charge in [0, 0.05) is 25.9 Å². The van der Waals surface area contributed by atoms with Crippen LogP contribution in [0.3, 0.4) is 0 Å². The predicted octanol–water partition coefficient (Wildman–Crippen LogP) is 2.06. The number of hydrogen-bond donors (Lipinski definition) is 0. The zero-order valence-corrected chi connectivity index (χ0v) is 7.26. The zero-order valence-electron chi connectivity index (χ0n) is 6.44. The van der Waals surface area contributed by atoms with Gasteiger partial charge in [-0.15, -0.1) is 0 Å². The highest BCUT2D eigenvalue weighted by molar-refractivity contribution is 7.80. The molecule has 0 N–H and O–H groups in total. The number of piperidine rings is 1. The van der Waals surface area contributed by atoms with Gasteiger partial charge < -0.3 is 4.90 Å². The summed E-state index contributed by atoms with van der Waals surface area (Å²) in [7, 11) is 0. The van der Waals surface area contributed by atoms with Gasteiger partial charge in [0.1, 0.15) is 0 Å². The van der Waals surface area contributed by atoms with E-state index in [0.29, 0.717) is 13.1 Å². The standard InChI is InChI=1S/C7H11F2NS/c1-6(11)10-4-2-7(8,9)3-5-10/h2-5H2,1H3. The van der Waals surface area contributed by atoms with Crippen LogP contribution in [0, 0.1) is 0 Å². The first kappa shape index (κ1) is 8.84. The first-order valence-electron chi connectivity index (χ1n) is 3.65. The van der Waals surface area contributed by atoms with Crippen LogP contribution in [0.4, 0.5) is 8.78 Å². The number of rotatable bonds is 0. The SMILES string of the molecule is CC(=S)N1CCC(F)(F)CC1. The van der Waals surface area contributed by atoms with Crippen molar-refractivity contribution in [1.82, 2.24) is 4.90 Å². The van der Waals surface area contributed by atoms with Crippen molar-refractivity contribution in [3.8, 4) is 0 Å². The van der Waals surface area contributed by atoms with Crippen LogP contribution in [0.2, 0.25) is 0 Å². The summed E-state index contributed by atoms with van der Waals surface area (Å²) in [6, 6.07) is 0. The molecule has 1 aliphatic heterocycles. The Bertz CT molecular complexity index is 160. The van der Waals surface area contributed by atoms with E-state index in [9.17, 15) is 8.78 Å². The van der Waals surface area contributed by atoms with Crippen molar-refractivity contribution in [3.05, 3.63) is 0 Å². The molecule has 1 nitrogen and oxygen atoms in total. The number of nitrogens with zero attached hydrogens (tertiary/aromatic N) is 1. The molecule has 1 heterocycles. The van der Waals surface area contributed by atoms with Gasteiger partial charge in [-0.3, -0.25) is 0 Å². The summed E-state index contributed by atoms with van der Waals surface area (Å²) in [6.07, 6.45) is -0.109. The van der Waals surface area contributed by atoms with Crippen molar-refractivity contribution < 1.29 is 8.78 Å². The molecule has 1 aliphatic rings. The molecule has 11 heavy (non-hydrogen) atoms. The van der Waals surface area contributed by atoms with Crippen LogP contribution in [0.25, 0.3) is 0 Å². The lowest BCUT2D eigenvalue weighted by molar-refractivity contribution is -0.0431. The Kier molecular flexibility index (Phi) is 2.42. The van der Waals surface area contributed by atoms with E-state index in [4.69, 9.17) is 12.2 Å². The second-order valence-corrected chi connectivity index (χ2v) is 3.45. The largest absolute Gasteiger partial charge is 0.366 e. The number of likely N-dealkylation sites (tertiary alicyclic amines) is 1. The Morgan fingerprint density at radius 3 is 2.18 bits per heavy atom. The van der Waals surface area contributed by atoms with Crippen LogP contribution in [0.15, 0.2) is 0 Å². The Morgan fingerprint density at radius 2 is 1.82 bits per heavy atom. The van der Waals surface area contributed by atoms with E-state index < -0.39 is 5.92 Å². The summed E-state index contributed by atoms with van der Waals surface area (Å²) >= 11 is 4.87. The zero-order chi connectivity index (χ0) is 8.48. The van der Waals surface area contributed by atoms with Crippen molar-refractivity contribution in [1.29, 1.82) is 0 Å². The van der Waals surface area contributed by atoms with Crippen LogP contribution >= 0.6 is 12.2 Å². The fourth-order valence-corrected chi connectivity index (χ4v) is 1.33. The van der Waals surface area contributed by atoms with Crippen LogP contribution in [0.1, 0.15) is 19.8 Å². The van der Waals surface area contributed by atoms with Crippen LogP contribution in [-0.4, -0.2) is 28.9 Å². The highest BCUT2D eigenvalue weighted by Gasteiger charge is 2.33. The fourth-order valence-electron chi connectivity index (χ4n) is 1.15. The molecule has 0 unspecified atom stereocenters. The van der Waals surface area contributed by atoms with Crippen LogP contribution < -0.4 is 0 Å². The molecule has 1 saturated heterocycles. The van der Waals surface area contributed by atoms with Gasteiger partial charge in [-0.05, 0) is 6.92 Å². The summed E-state index contributed by atoms with van der Waals surface area (Å²) in [5.74, 6) is -2.46. The van der Waals surface area contributed by atoms with Crippen molar-refractivity contribution in [3.63, 3.8) is 0 Å². The normalized spacial score (nSPS) is 23.4.